The number of aryl methyl sites for hydroxylation is 1. The lowest BCUT2D eigenvalue weighted by molar-refractivity contribution is -0.128. The lowest BCUT2D eigenvalue weighted by atomic mass is 9.89. The van der Waals surface area contributed by atoms with Crippen LogP contribution in [0.5, 0.6) is 5.75 Å². The number of hydrogen-bond donors (Lipinski definition) is 1. The van der Waals surface area contributed by atoms with Crippen molar-refractivity contribution in [3.05, 3.63) is 35.4 Å². The van der Waals surface area contributed by atoms with Crippen LogP contribution in [0.25, 0.3) is 5.57 Å². The van der Waals surface area contributed by atoms with Crippen molar-refractivity contribution >= 4 is 17.1 Å². The van der Waals surface area contributed by atoms with Gasteiger partial charge in [-0.1, -0.05) is 6.07 Å². The molecular weight excluding hydrogens is 232 g/mol. The van der Waals surface area contributed by atoms with Crippen molar-refractivity contribution in [2.24, 2.45) is 0 Å². The second kappa shape index (κ2) is 4.74. The number of benzene rings is 1. The van der Waals surface area contributed by atoms with Crippen LogP contribution in [0, 0.1) is 6.92 Å². The molecule has 0 aliphatic heterocycles. The predicted molar refractivity (Wildman–Crippen MR) is 66.3 cm³/mol. The quantitative estimate of drug-likeness (QED) is 0.854. The minimum Gasteiger partial charge on any atom is -0.496 e. The molecule has 1 aliphatic rings. The molecule has 0 radical (unpaired) electrons. The number of carbonyl (C=O) groups excluding carboxylic acids is 2. The molecule has 1 aromatic carbocycles. The van der Waals surface area contributed by atoms with Crippen molar-refractivity contribution in [2.45, 2.75) is 19.4 Å². The Labute approximate surface area is 105 Å². The Balaban J connectivity index is 2.43. The van der Waals surface area contributed by atoms with Crippen LogP contribution < -0.4 is 4.74 Å². The molecule has 1 aliphatic carbocycles. The molecule has 0 saturated heterocycles. The van der Waals surface area contributed by atoms with E-state index in [9.17, 15) is 14.7 Å². The summed E-state index contributed by atoms with van der Waals surface area (Å²) in [5, 5.41) is 9.31. The Bertz CT molecular complexity index is 543. The first-order chi connectivity index (χ1) is 8.52. The van der Waals surface area contributed by atoms with E-state index in [1.54, 1.807) is 25.3 Å². The van der Waals surface area contributed by atoms with E-state index in [4.69, 9.17) is 4.74 Å². The molecule has 4 nitrogen and oxygen atoms in total. The Morgan fingerprint density at radius 3 is 2.67 bits per heavy atom. The van der Waals surface area contributed by atoms with Crippen LogP contribution in [0.4, 0.5) is 0 Å². The molecule has 0 saturated carbocycles. The fourth-order valence-corrected chi connectivity index (χ4v) is 2.00. The number of ether oxygens (including phenoxy) is 1. The first-order valence-electron chi connectivity index (χ1n) is 5.64. The number of carbonyl (C=O) groups is 2. The zero-order chi connectivity index (χ0) is 13.3. The van der Waals surface area contributed by atoms with E-state index in [0.717, 1.165) is 11.3 Å². The van der Waals surface area contributed by atoms with Crippen LogP contribution >= 0.6 is 0 Å². The second-order valence-electron chi connectivity index (χ2n) is 4.29. The summed E-state index contributed by atoms with van der Waals surface area (Å²) >= 11 is 0. The van der Waals surface area contributed by atoms with Gasteiger partial charge in [0, 0.05) is 12.0 Å². The topological polar surface area (TPSA) is 63.6 Å². The molecule has 4 heteroatoms. The van der Waals surface area contributed by atoms with Gasteiger partial charge in [-0.3, -0.25) is 9.59 Å². The highest BCUT2D eigenvalue weighted by atomic mass is 16.5. The van der Waals surface area contributed by atoms with Gasteiger partial charge in [0.15, 0.2) is 11.6 Å². The van der Waals surface area contributed by atoms with E-state index in [2.05, 4.69) is 0 Å². The number of ketones is 2. The van der Waals surface area contributed by atoms with E-state index < -0.39 is 11.9 Å². The van der Waals surface area contributed by atoms with Crippen LogP contribution in [-0.4, -0.2) is 29.9 Å². The average Bonchev–Trinajstić information content (AvgIpc) is 2.33. The number of allylic oxidation sites excluding steroid dienone is 1. The fraction of sp³-hybridized carbons (Fsp3) is 0.286. The monoisotopic (exact) mass is 246 g/mol. The van der Waals surface area contributed by atoms with Crippen molar-refractivity contribution < 1.29 is 19.4 Å². The van der Waals surface area contributed by atoms with Crippen LogP contribution in [0.3, 0.4) is 0 Å². The van der Waals surface area contributed by atoms with Gasteiger partial charge < -0.3 is 9.84 Å². The number of Topliss-reactive ketones (excluding diaryl/α,β-unsaturated/α-hetero) is 1. The van der Waals surface area contributed by atoms with Gasteiger partial charge in [-0.15, -0.1) is 0 Å². The summed E-state index contributed by atoms with van der Waals surface area (Å²) in [6, 6.07) is 5.29. The van der Waals surface area contributed by atoms with E-state index >= 15 is 0 Å². The highest BCUT2D eigenvalue weighted by Gasteiger charge is 2.27. The predicted octanol–water partition coefficient (Wildman–Crippen LogP) is 1.29. The molecule has 0 unspecified atom stereocenters. The normalized spacial score (nSPS) is 19.7. The molecular formula is C14H14O4. The van der Waals surface area contributed by atoms with E-state index in [1.165, 1.54) is 6.08 Å². The second-order valence-corrected chi connectivity index (χ2v) is 4.29. The largest absolute Gasteiger partial charge is 0.496 e. The van der Waals surface area contributed by atoms with Crippen molar-refractivity contribution in [2.75, 3.05) is 7.11 Å². The third-order valence-corrected chi connectivity index (χ3v) is 3.00. The maximum absolute atomic E-state index is 11.8. The minimum atomic E-state index is -1.19. The van der Waals surface area contributed by atoms with Gasteiger partial charge in [-0.25, -0.2) is 0 Å². The van der Waals surface area contributed by atoms with Crippen molar-refractivity contribution in [3.63, 3.8) is 0 Å². The maximum atomic E-state index is 11.8. The van der Waals surface area contributed by atoms with E-state index in [1.807, 2.05) is 6.92 Å². The standard InChI is InChI=1S/C14H14O4/c1-8-5-9(3-4-14(8)18-2)10-6-12(16)13(17)7-11(10)15/h3-6,13,17H,7H2,1-2H3/t13-/m1/s1. The smallest absolute Gasteiger partial charge is 0.185 e. The first-order valence-corrected chi connectivity index (χ1v) is 5.64. The lowest BCUT2D eigenvalue weighted by Crippen LogP contribution is -2.27. The van der Waals surface area contributed by atoms with E-state index in [-0.39, 0.29) is 12.2 Å². The Morgan fingerprint density at radius 2 is 2.06 bits per heavy atom. The third-order valence-electron chi connectivity index (χ3n) is 3.00. The third kappa shape index (κ3) is 2.19. The summed E-state index contributed by atoms with van der Waals surface area (Å²) in [6.45, 7) is 1.87. The van der Waals surface area contributed by atoms with Gasteiger partial charge in [0.25, 0.3) is 0 Å². The number of aliphatic hydroxyl groups is 1. The Hall–Kier alpha value is -1.94. The molecule has 1 atom stereocenters. The van der Waals surface area contributed by atoms with Crippen LogP contribution in [-0.2, 0) is 9.59 Å². The molecule has 18 heavy (non-hydrogen) atoms. The van der Waals surface area contributed by atoms with Crippen LogP contribution in [0.2, 0.25) is 0 Å². The summed E-state index contributed by atoms with van der Waals surface area (Å²) < 4.78 is 5.14. The Morgan fingerprint density at radius 1 is 1.33 bits per heavy atom. The van der Waals surface area contributed by atoms with Gasteiger partial charge >= 0.3 is 0 Å². The van der Waals surface area contributed by atoms with E-state index in [0.29, 0.717) is 11.1 Å². The lowest BCUT2D eigenvalue weighted by Gasteiger charge is -2.16. The van der Waals surface area contributed by atoms with Gasteiger partial charge in [0.2, 0.25) is 0 Å². The fourth-order valence-electron chi connectivity index (χ4n) is 2.00. The minimum absolute atomic E-state index is 0.143. The van der Waals surface area contributed by atoms with Crippen molar-refractivity contribution in [1.82, 2.24) is 0 Å². The number of rotatable bonds is 2. The Kier molecular flexibility index (Phi) is 3.30. The molecule has 0 amide bonds. The summed E-state index contributed by atoms with van der Waals surface area (Å²) in [5.41, 5.74) is 1.93. The van der Waals surface area contributed by atoms with Gasteiger partial charge in [-0.05, 0) is 36.3 Å². The summed E-state index contributed by atoms with van der Waals surface area (Å²) in [7, 11) is 1.58. The molecule has 2 rings (SSSR count). The number of aliphatic hydroxyl groups excluding tert-OH is 1. The number of hydrogen-bond acceptors (Lipinski definition) is 4. The van der Waals surface area contributed by atoms with Crippen LogP contribution in [0.15, 0.2) is 24.3 Å². The SMILES string of the molecule is COc1ccc(C2=CC(=O)[C@H](O)CC2=O)cc1C. The first kappa shape index (κ1) is 12.5. The average molecular weight is 246 g/mol. The van der Waals surface area contributed by atoms with Crippen LogP contribution in [0.1, 0.15) is 17.5 Å². The van der Waals surface area contributed by atoms with Gasteiger partial charge in [0.1, 0.15) is 11.9 Å². The summed E-state index contributed by atoms with van der Waals surface area (Å²) in [4.78, 5) is 23.2. The summed E-state index contributed by atoms with van der Waals surface area (Å²) in [6.07, 6.45) is -0.117. The molecule has 94 valence electrons. The van der Waals surface area contributed by atoms with Gasteiger partial charge in [-0.2, -0.15) is 0 Å². The van der Waals surface area contributed by atoms with Crippen molar-refractivity contribution in [3.8, 4) is 5.75 Å². The molecule has 0 spiro atoms. The molecule has 1 N–H and O–H groups in total. The molecule has 0 fully saturated rings. The molecule has 0 aromatic heterocycles. The number of methoxy groups -OCH3 is 1. The maximum Gasteiger partial charge on any atom is 0.185 e. The summed E-state index contributed by atoms with van der Waals surface area (Å²) in [5.74, 6) is 0.0960. The highest BCUT2D eigenvalue weighted by Crippen LogP contribution is 2.27. The van der Waals surface area contributed by atoms with Crippen molar-refractivity contribution in [1.29, 1.82) is 0 Å². The van der Waals surface area contributed by atoms with Gasteiger partial charge in [0.05, 0.1) is 7.11 Å². The molecule has 0 bridgehead atoms. The highest BCUT2D eigenvalue weighted by molar-refractivity contribution is 6.28. The zero-order valence-corrected chi connectivity index (χ0v) is 10.3. The zero-order valence-electron chi connectivity index (χ0n) is 10.3. The molecule has 0 heterocycles. The molecule has 1 aromatic rings.